The summed E-state index contributed by atoms with van der Waals surface area (Å²) in [5.74, 6) is 1.56. The van der Waals surface area contributed by atoms with Crippen molar-refractivity contribution in [3.8, 4) is 22.6 Å². The van der Waals surface area contributed by atoms with E-state index in [1.165, 1.54) is 76.2 Å². The Labute approximate surface area is 319 Å². The first-order valence-electron chi connectivity index (χ1n) is 19.4. The highest BCUT2D eigenvalue weighted by Crippen LogP contribution is 2.49. The highest BCUT2D eigenvalue weighted by Gasteiger charge is 2.44. The van der Waals surface area contributed by atoms with E-state index >= 15 is 0 Å². The molecule has 4 aromatic heterocycles. The van der Waals surface area contributed by atoms with Gasteiger partial charge >= 0.3 is 0 Å². The topological polar surface area (TPSA) is 25.6 Å². The van der Waals surface area contributed by atoms with E-state index in [1.807, 2.05) is 23.7 Å². The molecule has 268 valence electrons. The molecule has 0 N–H and O–H groups in total. The Bertz CT molecular complexity index is 2660. The maximum Gasteiger partial charge on any atom is 0.296 e. The van der Waals surface area contributed by atoms with Gasteiger partial charge < -0.3 is 0 Å². The fourth-order valence-corrected chi connectivity index (χ4v) is 12.8. The number of fused-ring (bicyclic) bond motifs is 15. The van der Waals surface area contributed by atoms with Crippen molar-refractivity contribution in [2.75, 3.05) is 0 Å². The lowest BCUT2D eigenvalue weighted by Crippen LogP contribution is -2.54. The van der Waals surface area contributed by atoms with Crippen LogP contribution in [0.1, 0.15) is 73.4 Å². The molecule has 0 fully saturated rings. The Kier molecular flexibility index (Phi) is 7.82. The average molecular weight is 733 g/mol. The number of aromatic nitrogens is 4. The zero-order chi connectivity index (χ0) is 37.1. The molecule has 4 nitrogen and oxygen atoms in total. The molecule has 6 heteroatoms. The summed E-state index contributed by atoms with van der Waals surface area (Å²) in [6.07, 6.45) is 10.6. The number of allylic oxidation sites excluding steroid dienone is 1. The standard InChI is InChI=1S/C47H52N4SSi/c1-28-15-17-36-41(21-28)52-45-43(36)29(2)22-31-16-18-35-33-13-11-12-14-34(33)39-24-32(25-47(4,5)6)42(53(8,9)10)27-50(39)38(35)23-30(3)51-37-19-20-48-26-40(37)49(7)46(51)44(31)45/h11-15,17,19-22,24,26-27,35,38H,3,16,18,23,25H2,1-2,4-10H3/q+2. The molecule has 2 aliphatic heterocycles. The summed E-state index contributed by atoms with van der Waals surface area (Å²) in [7, 11) is 0.536. The Hall–Kier alpha value is -4.39. The number of aryl methyl sites for hydroxylation is 4. The summed E-state index contributed by atoms with van der Waals surface area (Å²) < 4.78 is 10.3. The van der Waals surface area contributed by atoms with Gasteiger partial charge in [0.2, 0.25) is 5.69 Å². The minimum absolute atomic E-state index is 0.204. The molecule has 0 amide bonds. The second-order valence-corrected chi connectivity index (χ2v) is 24.3. The maximum atomic E-state index is 5.00. The number of hydrogen-bond donors (Lipinski definition) is 0. The summed E-state index contributed by atoms with van der Waals surface area (Å²) in [5, 5.41) is 4.33. The van der Waals surface area contributed by atoms with Crippen molar-refractivity contribution in [2.45, 2.75) is 91.9 Å². The molecule has 7 aromatic rings. The van der Waals surface area contributed by atoms with Crippen LogP contribution in [-0.4, -0.2) is 17.6 Å². The monoisotopic (exact) mass is 732 g/mol. The van der Waals surface area contributed by atoms with Gasteiger partial charge in [-0.2, -0.15) is 9.13 Å². The van der Waals surface area contributed by atoms with Crippen molar-refractivity contribution in [3.63, 3.8) is 0 Å². The number of rotatable bonds is 2. The van der Waals surface area contributed by atoms with Gasteiger partial charge in [-0.25, -0.2) is 4.57 Å². The fourth-order valence-electron chi connectivity index (χ4n) is 9.75. The Morgan fingerprint density at radius 3 is 2.58 bits per heavy atom. The lowest BCUT2D eigenvalue weighted by atomic mass is 9.77. The molecule has 0 saturated carbocycles. The van der Waals surface area contributed by atoms with Gasteiger partial charge in [0.15, 0.2) is 23.3 Å². The van der Waals surface area contributed by atoms with Crippen LogP contribution in [0.25, 0.3) is 59.5 Å². The lowest BCUT2D eigenvalue weighted by molar-refractivity contribution is -0.716. The Balaban J connectivity index is 1.33. The molecule has 9 rings (SSSR count). The van der Waals surface area contributed by atoms with Crippen molar-refractivity contribution in [1.29, 1.82) is 0 Å². The van der Waals surface area contributed by atoms with Crippen molar-refractivity contribution in [3.05, 3.63) is 114 Å². The van der Waals surface area contributed by atoms with Gasteiger partial charge in [-0.15, -0.1) is 11.3 Å². The minimum Gasteiger partial charge on any atom is -0.260 e. The first kappa shape index (κ1) is 34.4. The van der Waals surface area contributed by atoms with Gasteiger partial charge in [0.25, 0.3) is 5.82 Å². The highest BCUT2D eigenvalue weighted by molar-refractivity contribution is 7.26. The quantitative estimate of drug-likeness (QED) is 0.128. The Morgan fingerprint density at radius 2 is 1.81 bits per heavy atom. The van der Waals surface area contributed by atoms with Crippen LogP contribution in [-0.2, 0) is 19.9 Å². The first-order chi connectivity index (χ1) is 25.2. The second-order valence-electron chi connectivity index (χ2n) is 18.2. The van der Waals surface area contributed by atoms with Crippen molar-refractivity contribution >= 4 is 61.5 Å². The third-order valence-corrected chi connectivity index (χ3v) is 15.2. The molecule has 0 spiro atoms. The molecule has 3 aromatic carbocycles. The van der Waals surface area contributed by atoms with E-state index < -0.39 is 8.07 Å². The second kappa shape index (κ2) is 12.1. The zero-order valence-electron chi connectivity index (χ0n) is 32.9. The van der Waals surface area contributed by atoms with Gasteiger partial charge in [-0.3, -0.25) is 4.98 Å². The first-order valence-corrected chi connectivity index (χ1v) is 23.7. The van der Waals surface area contributed by atoms with Gasteiger partial charge in [0, 0.05) is 50.5 Å². The molecule has 0 bridgehead atoms. The lowest BCUT2D eigenvalue weighted by Gasteiger charge is -2.34. The van der Waals surface area contributed by atoms with Crippen LogP contribution in [0.3, 0.4) is 0 Å². The number of thiophene rings is 1. The molecule has 0 aliphatic carbocycles. The summed E-state index contributed by atoms with van der Waals surface area (Å²) in [5.41, 5.74) is 14.9. The minimum atomic E-state index is -1.69. The molecule has 2 unspecified atom stereocenters. The van der Waals surface area contributed by atoms with E-state index in [0.29, 0.717) is 5.92 Å². The van der Waals surface area contributed by atoms with Crippen LogP contribution in [0.5, 0.6) is 0 Å². The molecule has 0 radical (unpaired) electrons. The van der Waals surface area contributed by atoms with E-state index in [4.69, 9.17) is 6.58 Å². The molecule has 2 atom stereocenters. The van der Waals surface area contributed by atoms with Crippen LogP contribution in [0.4, 0.5) is 0 Å². The molecule has 6 heterocycles. The van der Waals surface area contributed by atoms with Crippen LogP contribution in [0.2, 0.25) is 19.6 Å². The van der Waals surface area contributed by atoms with Crippen LogP contribution in [0.15, 0.2) is 85.8 Å². The highest BCUT2D eigenvalue weighted by atomic mass is 32.1. The fraction of sp³-hybridized carbons (Fsp3) is 0.340. The zero-order valence-corrected chi connectivity index (χ0v) is 34.7. The average Bonchev–Trinajstić information content (AvgIpc) is 3.61. The van der Waals surface area contributed by atoms with Crippen LogP contribution < -0.4 is 14.3 Å². The van der Waals surface area contributed by atoms with Crippen molar-refractivity contribution < 1.29 is 9.13 Å². The molecular formula is C47H52N4SSi+2. The normalized spacial score (nSPS) is 17.4. The van der Waals surface area contributed by atoms with Crippen LogP contribution in [0, 0.1) is 19.3 Å². The summed E-state index contributed by atoms with van der Waals surface area (Å²) in [4.78, 5) is 4.63. The molecule has 0 saturated heterocycles. The van der Waals surface area contributed by atoms with Gasteiger partial charge in [0.1, 0.15) is 5.70 Å². The largest absolute Gasteiger partial charge is 0.296 e. The number of nitrogens with zero attached hydrogens (tertiary/aromatic N) is 4. The molecular weight excluding hydrogens is 681 g/mol. The molecule has 2 aliphatic rings. The predicted molar refractivity (Wildman–Crippen MR) is 227 cm³/mol. The number of hydrogen-bond acceptors (Lipinski definition) is 2. The molecule has 53 heavy (non-hydrogen) atoms. The number of pyridine rings is 2. The van der Waals surface area contributed by atoms with Crippen molar-refractivity contribution in [2.24, 2.45) is 12.5 Å². The van der Waals surface area contributed by atoms with Gasteiger partial charge in [0.05, 0.1) is 38.0 Å². The number of benzene rings is 3. The predicted octanol–water partition coefficient (Wildman–Crippen LogP) is 10.7. The van der Waals surface area contributed by atoms with Gasteiger partial charge in [-0.05, 0) is 78.5 Å². The third-order valence-electron chi connectivity index (χ3n) is 12.0. The van der Waals surface area contributed by atoms with E-state index in [-0.39, 0.29) is 11.5 Å². The van der Waals surface area contributed by atoms with Crippen molar-refractivity contribution in [1.82, 2.24) is 9.55 Å². The third kappa shape index (κ3) is 5.47. The smallest absolute Gasteiger partial charge is 0.260 e. The maximum absolute atomic E-state index is 5.00. The summed E-state index contributed by atoms with van der Waals surface area (Å²) in [6.45, 7) is 24.2. The summed E-state index contributed by atoms with van der Waals surface area (Å²) >= 11 is 1.95. The van der Waals surface area contributed by atoms with Crippen LogP contribution >= 0.6 is 11.3 Å². The van der Waals surface area contributed by atoms with E-state index in [9.17, 15) is 0 Å². The van der Waals surface area contributed by atoms with E-state index in [2.05, 4.69) is 147 Å². The number of imidazole rings is 1. The Morgan fingerprint density at radius 1 is 1.02 bits per heavy atom. The van der Waals surface area contributed by atoms with E-state index in [0.717, 1.165) is 36.9 Å². The van der Waals surface area contributed by atoms with Gasteiger partial charge in [-0.1, -0.05) is 83.4 Å². The SMILES string of the molecule is C=C1CC2C(CCc3cc(C)c4c(sc5cc(C)ccc54)c3-c3n1c1ccncc1[n+]3C)c1ccccc1-c1cc(CC(C)(C)C)c([Si](C)(C)C)c[n+]12. The summed E-state index contributed by atoms with van der Waals surface area (Å²) in [6, 6.07) is 23.8. The van der Waals surface area contributed by atoms with E-state index in [1.54, 1.807) is 5.19 Å².